The Bertz CT molecular complexity index is 339. The molecule has 2 heterocycles. The van der Waals surface area contributed by atoms with Gasteiger partial charge < -0.3 is 0 Å². The summed E-state index contributed by atoms with van der Waals surface area (Å²) in [5, 5.41) is 14.0. The number of hydrogen-bond donors (Lipinski definition) is 0. The number of nitrogens with zero attached hydrogens (tertiary/aromatic N) is 3. The van der Waals surface area contributed by atoms with Crippen LogP contribution in [0, 0.1) is 5.41 Å². The summed E-state index contributed by atoms with van der Waals surface area (Å²) in [6.45, 7) is 0. The lowest BCUT2D eigenvalue weighted by Gasteiger charge is -2.02. The van der Waals surface area contributed by atoms with Gasteiger partial charge in [0.05, 0.1) is 0 Å². The lowest BCUT2D eigenvalue weighted by Crippen LogP contribution is -2.08. The van der Waals surface area contributed by atoms with E-state index in [9.17, 15) is 0 Å². The van der Waals surface area contributed by atoms with Crippen molar-refractivity contribution >= 4 is 34.7 Å². The maximum Gasteiger partial charge on any atom is 0.178 e. The normalized spacial score (nSPS) is 21.2. The van der Waals surface area contributed by atoms with Crippen LogP contribution in [0.4, 0.5) is 0 Å². The molecule has 0 saturated heterocycles. The summed E-state index contributed by atoms with van der Waals surface area (Å²) < 4.78 is 0. The SMILES string of the molecule is S=C1N=NN=C1C1=[C]SCC=C1. The van der Waals surface area contributed by atoms with Crippen molar-refractivity contribution in [2.45, 2.75) is 0 Å². The monoisotopic (exact) mass is 194 g/mol. The molecule has 12 heavy (non-hydrogen) atoms. The quantitative estimate of drug-likeness (QED) is 0.599. The number of allylic oxidation sites excluding steroid dienone is 1. The second-order valence-electron chi connectivity index (χ2n) is 2.17. The maximum atomic E-state index is 4.93. The van der Waals surface area contributed by atoms with E-state index in [1.165, 1.54) is 0 Å². The van der Waals surface area contributed by atoms with Gasteiger partial charge in [0.2, 0.25) is 0 Å². The molecule has 0 unspecified atom stereocenters. The van der Waals surface area contributed by atoms with Gasteiger partial charge in [0.15, 0.2) is 4.99 Å². The van der Waals surface area contributed by atoms with Gasteiger partial charge in [0.25, 0.3) is 0 Å². The van der Waals surface area contributed by atoms with Crippen LogP contribution in [0.5, 0.6) is 0 Å². The maximum absolute atomic E-state index is 4.93. The summed E-state index contributed by atoms with van der Waals surface area (Å²) in [7, 11) is 0. The molecule has 0 saturated carbocycles. The molecule has 2 aliphatic rings. The molecule has 0 spiro atoms. The fourth-order valence-electron chi connectivity index (χ4n) is 0.862. The van der Waals surface area contributed by atoms with E-state index >= 15 is 0 Å². The minimum atomic E-state index is 0.449. The van der Waals surface area contributed by atoms with Gasteiger partial charge in [-0.15, -0.1) is 22.0 Å². The van der Waals surface area contributed by atoms with Gasteiger partial charge in [0, 0.05) is 16.7 Å². The summed E-state index contributed by atoms with van der Waals surface area (Å²) in [5.74, 6) is 0.956. The third-order valence-electron chi connectivity index (χ3n) is 1.38. The molecule has 5 heteroatoms. The van der Waals surface area contributed by atoms with Crippen molar-refractivity contribution in [1.82, 2.24) is 0 Å². The first-order valence-electron chi connectivity index (χ1n) is 3.32. The smallest absolute Gasteiger partial charge is 0.127 e. The van der Waals surface area contributed by atoms with Crippen molar-refractivity contribution in [3.8, 4) is 0 Å². The predicted molar refractivity (Wildman–Crippen MR) is 53.2 cm³/mol. The van der Waals surface area contributed by atoms with Crippen LogP contribution in [0.1, 0.15) is 0 Å². The summed E-state index contributed by atoms with van der Waals surface area (Å²) in [4.78, 5) is 0.449. The summed E-state index contributed by atoms with van der Waals surface area (Å²) in [6.07, 6.45) is 3.98. The second-order valence-corrected chi connectivity index (χ2v) is 3.39. The largest absolute Gasteiger partial charge is 0.178 e. The fourth-order valence-corrected chi connectivity index (χ4v) is 1.64. The molecule has 0 aromatic carbocycles. The zero-order valence-corrected chi connectivity index (χ0v) is 7.65. The molecule has 59 valence electrons. The highest BCUT2D eigenvalue weighted by Crippen LogP contribution is 2.18. The van der Waals surface area contributed by atoms with Gasteiger partial charge >= 0.3 is 0 Å². The van der Waals surface area contributed by atoms with Crippen molar-refractivity contribution in [3.05, 3.63) is 23.1 Å². The van der Waals surface area contributed by atoms with Crippen molar-refractivity contribution in [2.75, 3.05) is 5.75 Å². The van der Waals surface area contributed by atoms with Crippen molar-refractivity contribution in [3.63, 3.8) is 0 Å². The first kappa shape index (κ1) is 7.82. The molecular formula is C7H4N3S2. The van der Waals surface area contributed by atoms with Gasteiger partial charge in [-0.05, 0) is 5.22 Å². The first-order chi connectivity index (χ1) is 5.88. The van der Waals surface area contributed by atoms with Crippen LogP contribution in [-0.4, -0.2) is 16.5 Å². The van der Waals surface area contributed by atoms with Gasteiger partial charge in [0.1, 0.15) is 5.71 Å². The Morgan fingerprint density at radius 2 is 2.50 bits per heavy atom. The number of thiocarbonyl (C=S) groups is 1. The standard InChI is InChI=1S/C7H4N3S2/c11-7-6(8-10-9-7)5-2-1-3-12-4-5/h1-2H,3H2. The predicted octanol–water partition coefficient (Wildman–Crippen LogP) is 2.13. The van der Waals surface area contributed by atoms with E-state index < -0.39 is 0 Å². The van der Waals surface area contributed by atoms with Gasteiger partial charge in [-0.1, -0.05) is 24.4 Å². The fraction of sp³-hybridized carbons (Fsp3) is 0.143. The molecule has 2 rings (SSSR count). The molecular weight excluding hydrogens is 190 g/mol. The highest BCUT2D eigenvalue weighted by Gasteiger charge is 2.16. The summed E-state index contributed by atoms with van der Waals surface area (Å²) >= 11 is 6.52. The Morgan fingerprint density at radius 1 is 1.58 bits per heavy atom. The van der Waals surface area contributed by atoms with Crippen molar-refractivity contribution in [1.29, 1.82) is 0 Å². The van der Waals surface area contributed by atoms with E-state index in [4.69, 9.17) is 12.2 Å². The zero-order chi connectivity index (χ0) is 8.39. The highest BCUT2D eigenvalue weighted by atomic mass is 32.2. The van der Waals surface area contributed by atoms with E-state index in [1.807, 2.05) is 12.2 Å². The van der Waals surface area contributed by atoms with Gasteiger partial charge in [-0.25, -0.2) is 0 Å². The Hall–Kier alpha value is -0.810. The summed E-state index contributed by atoms with van der Waals surface area (Å²) in [5.41, 5.74) is 1.55. The van der Waals surface area contributed by atoms with Crippen LogP contribution >= 0.6 is 24.0 Å². The van der Waals surface area contributed by atoms with Crippen LogP contribution in [0.2, 0.25) is 0 Å². The minimum Gasteiger partial charge on any atom is -0.127 e. The van der Waals surface area contributed by atoms with E-state index in [0.29, 0.717) is 10.7 Å². The Morgan fingerprint density at radius 3 is 3.08 bits per heavy atom. The van der Waals surface area contributed by atoms with E-state index in [1.54, 1.807) is 11.8 Å². The number of rotatable bonds is 1. The number of thioether (sulfide) groups is 1. The van der Waals surface area contributed by atoms with Crippen LogP contribution in [-0.2, 0) is 0 Å². The topological polar surface area (TPSA) is 37.1 Å². The Labute approximate surface area is 79.3 Å². The molecule has 3 nitrogen and oxygen atoms in total. The minimum absolute atomic E-state index is 0.449. The van der Waals surface area contributed by atoms with E-state index in [0.717, 1.165) is 11.3 Å². The van der Waals surface area contributed by atoms with Crippen LogP contribution < -0.4 is 0 Å². The molecule has 0 amide bonds. The first-order valence-corrected chi connectivity index (χ1v) is 4.72. The average molecular weight is 194 g/mol. The molecule has 0 N–H and O–H groups in total. The van der Waals surface area contributed by atoms with E-state index in [2.05, 4.69) is 20.8 Å². The highest BCUT2D eigenvalue weighted by molar-refractivity contribution is 8.01. The molecule has 0 aliphatic carbocycles. The number of hydrogen-bond acceptors (Lipinski definition) is 4. The van der Waals surface area contributed by atoms with Crippen LogP contribution in [0.25, 0.3) is 0 Å². The van der Waals surface area contributed by atoms with Crippen LogP contribution in [0.15, 0.2) is 33.2 Å². The van der Waals surface area contributed by atoms with Crippen molar-refractivity contribution in [2.24, 2.45) is 15.4 Å². The van der Waals surface area contributed by atoms with Crippen LogP contribution in [0.3, 0.4) is 0 Å². The molecule has 0 atom stereocenters. The van der Waals surface area contributed by atoms with Gasteiger partial charge in [-0.2, -0.15) is 0 Å². The Balaban J connectivity index is 2.26. The average Bonchev–Trinajstić information content (AvgIpc) is 2.53. The second kappa shape index (κ2) is 3.28. The van der Waals surface area contributed by atoms with Crippen molar-refractivity contribution < 1.29 is 0 Å². The lowest BCUT2D eigenvalue weighted by molar-refractivity contribution is 1.13. The molecule has 1 radical (unpaired) electrons. The molecule has 2 aliphatic heterocycles. The molecule has 0 fully saturated rings. The van der Waals surface area contributed by atoms with Gasteiger partial charge in [-0.3, -0.25) is 0 Å². The third-order valence-corrected chi connectivity index (χ3v) is 2.38. The van der Waals surface area contributed by atoms with E-state index in [-0.39, 0.29) is 0 Å². The Kier molecular flexibility index (Phi) is 2.14. The molecule has 0 aromatic heterocycles. The molecule has 0 aromatic rings. The lowest BCUT2D eigenvalue weighted by atomic mass is 10.1. The summed E-state index contributed by atoms with van der Waals surface area (Å²) in [6, 6.07) is 0. The third kappa shape index (κ3) is 1.37. The molecule has 0 bridgehead atoms. The zero-order valence-electron chi connectivity index (χ0n) is 6.02.